The van der Waals surface area contributed by atoms with Crippen LogP contribution in [0.1, 0.15) is 49.1 Å². The zero-order chi connectivity index (χ0) is 22.6. The van der Waals surface area contributed by atoms with Gasteiger partial charge in [-0.25, -0.2) is 9.78 Å². The fraction of sp³-hybridized carbons (Fsp3) is 0.348. The van der Waals surface area contributed by atoms with Crippen LogP contribution in [0.15, 0.2) is 42.5 Å². The van der Waals surface area contributed by atoms with Crippen LogP contribution in [-0.2, 0) is 11.6 Å². The maximum Gasteiger partial charge on any atom is 0.416 e. The smallest absolute Gasteiger partial charge is 0.341 e. The molecular weight excluding hydrogens is 419 g/mol. The van der Waals surface area contributed by atoms with Crippen molar-refractivity contribution in [3.05, 3.63) is 59.4 Å². The van der Waals surface area contributed by atoms with Gasteiger partial charge in [-0.2, -0.15) is 18.4 Å². The minimum Gasteiger partial charge on any atom is -0.341 e. The summed E-state index contributed by atoms with van der Waals surface area (Å²) in [5.41, 5.74) is 0.666. The lowest BCUT2D eigenvalue weighted by Crippen LogP contribution is -2.67. The van der Waals surface area contributed by atoms with Gasteiger partial charge in [-0.15, -0.1) is 0 Å². The Hall–Kier alpha value is -3.54. The summed E-state index contributed by atoms with van der Waals surface area (Å²) in [6.45, 7) is 0. The molecular formula is C23H20F3N5O. The summed E-state index contributed by atoms with van der Waals surface area (Å²) in [5, 5.41) is 14.8. The van der Waals surface area contributed by atoms with Gasteiger partial charge in [0.05, 0.1) is 28.2 Å². The van der Waals surface area contributed by atoms with E-state index in [1.165, 1.54) is 6.07 Å². The number of carbonyl (C=O) groups is 1. The van der Waals surface area contributed by atoms with Crippen LogP contribution in [-0.4, -0.2) is 21.5 Å². The molecule has 9 heteroatoms. The highest BCUT2D eigenvalue weighted by Crippen LogP contribution is 2.58. The molecule has 32 heavy (non-hydrogen) atoms. The molecule has 0 spiro atoms. The number of carbonyl (C=O) groups excluding carboxylic acids is 1. The van der Waals surface area contributed by atoms with Crippen LogP contribution in [0.4, 0.5) is 23.7 Å². The van der Waals surface area contributed by atoms with Gasteiger partial charge >= 0.3 is 12.2 Å². The molecule has 6 nitrogen and oxygen atoms in total. The van der Waals surface area contributed by atoms with Crippen LogP contribution < -0.4 is 10.6 Å². The zero-order valence-corrected chi connectivity index (χ0v) is 17.0. The summed E-state index contributed by atoms with van der Waals surface area (Å²) in [7, 11) is 0. The van der Waals surface area contributed by atoms with Crippen molar-refractivity contribution in [2.24, 2.45) is 0 Å². The molecule has 3 fully saturated rings. The van der Waals surface area contributed by atoms with Gasteiger partial charge in [-0.3, -0.25) is 0 Å². The maximum absolute atomic E-state index is 13.0. The summed E-state index contributed by atoms with van der Waals surface area (Å²) in [6.07, 6.45) is -0.421. The monoisotopic (exact) mass is 439 g/mol. The average molecular weight is 439 g/mol. The predicted molar refractivity (Wildman–Crippen MR) is 112 cm³/mol. The molecule has 3 saturated carbocycles. The van der Waals surface area contributed by atoms with E-state index in [4.69, 9.17) is 5.26 Å². The Bertz CT molecular complexity index is 1230. The number of anilines is 1. The summed E-state index contributed by atoms with van der Waals surface area (Å²) in [6, 6.07) is 11.9. The predicted octanol–water partition coefficient (Wildman–Crippen LogP) is 5.23. The van der Waals surface area contributed by atoms with Crippen molar-refractivity contribution in [1.82, 2.24) is 15.3 Å². The number of rotatable bonds is 3. The third kappa shape index (κ3) is 3.45. The molecule has 0 atom stereocenters. The standard InChI is InChI=1S/C23H20F3N5O/c24-23(25,26)15-4-7-17-18(10-15)30-19(29-17)21-8-1-9-22(12-21,13-21)31-20(32)28-16-5-2-14(11-27)3-6-16/h2-7,10H,1,8-9,12-13H2,(H,29,30)(H2,28,31,32). The fourth-order valence-corrected chi connectivity index (χ4v) is 5.27. The highest BCUT2D eigenvalue weighted by molar-refractivity contribution is 5.90. The molecule has 2 aromatic carbocycles. The first-order chi connectivity index (χ1) is 15.2. The van der Waals surface area contributed by atoms with Gasteiger partial charge in [0.1, 0.15) is 5.82 Å². The largest absolute Gasteiger partial charge is 0.416 e. The summed E-state index contributed by atoms with van der Waals surface area (Å²) >= 11 is 0. The van der Waals surface area contributed by atoms with Crippen LogP contribution >= 0.6 is 0 Å². The first-order valence-corrected chi connectivity index (χ1v) is 10.4. The van der Waals surface area contributed by atoms with Gasteiger partial charge in [-0.1, -0.05) is 6.42 Å². The SMILES string of the molecule is N#Cc1ccc(NC(=O)NC23CCCC(c4nc5ccc(C(F)(F)F)cc5[nH]4)(C2)C3)cc1. The Morgan fingerprint density at radius 3 is 2.56 bits per heavy atom. The number of aromatic nitrogens is 2. The van der Waals surface area contributed by atoms with E-state index in [0.717, 1.165) is 31.4 Å². The van der Waals surface area contributed by atoms with Gasteiger partial charge in [-0.05, 0) is 68.1 Å². The van der Waals surface area contributed by atoms with Crippen molar-refractivity contribution in [3.63, 3.8) is 0 Å². The second kappa shape index (κ2) is 6.99. The molecule has 3 N–H and O–H groups in total. The van der Waals surface area contributed by atoms with E-state index in [1.54, 1.807) is 24.3 Å². The van der Waals surface area contributed by atoms with Crippen molar-refractivity contribution >= 4 is 22.8 Å². The number of amides is 2. The molecule has 1 aromatic heterocycles. The number of hydrogen-bond acceptors (Lipinski definition) is 3. The van der Waals surface area contributed by atoms with E-state index in [1.807, 2.05) is 6.07 Å². The lowest BCUT2D eigenvalue weighted by Gasteiger charge is -2.59. The molecule has 0 aliphatic heterocycles. The third-order valence-corrected chi connectivity index (χ3v) is 6.63. The number of urea groups is 1. The molecule has 0 unspecified atom stereocenters. The third-order valence-electron chi connectivity index (χ3n) is 6.63. The van der Waals surface area contributed by atoms with E-state index in [-0.39, 0.29) is 17.0 Å². The summed E-state index contributed by atoms with van der Waals surface area (Å²) < 4.78 is 39.1. The van der Waals surface area contributed by atoms with E-state index in [2.05, 4.69) is 20.6 Å². The number of H-pyrrole nitrogens is 1. The first kappa shape index (κ1) is 20.4. The van der Waals surface area contributed by atoms with Crippen LogP contribution in [0.25, 0.3) is 11.0 Å². The summed E-state index contributed by atoms with van der Waals surface area (Å²) in [4.78, 5) is 20.3. The molecule has 3 aromatic rings. The van der Waals surface area contributed by atoms with E-state index >= 15 is 0 Å². The highest BCUT2D eigenvalue weighted by Gasteiger charge is 2.60. The maximum atomic E-state index is 13.0. The number of fused-ring (bicyclic) bond motifs is 3. The number of nitriles is 1. The molecule has 164 valence electrons. The molecule has 3 aliphatic carbocycles. The van der Waals surface area contributed by atoms with Crippen molar-refractivity contribution in [3.8, 4) is 6.07 Å². The Kier molecular flexibility index (Phi) is 4.45. The number of aromatic amines is 1. The van der Waals surface area contributed by atoms with Gasteiger partial charge < -0.3 is 15.6 Å². The Labute approximate surface area is 181 Å². The van der Waals surface area contributed by atoms with E-state index in [9.17, 15) is 18.0 Å². The molecule has 0 saturated heterocycles. The zero-order valence-electron chi connectivity index (χ0n) is 17.0. The Morgan fingerprint density at radius 1 is 1.12 bits per heavy atom. The number of hydrogen-bond donors (Lipinski definition) is 3. The van der Waals surface area contributed by atoms with Crippen LogP contribution in [0, 0.1) is 11.3 Å². The molecule has 2 amide bonds. The summed E-state index contributed by atoms with van der Waals surface area (Å²) in [5.74, 6) is 0.691. The molecule has 0 radical (unpaired) electrons. The number of alkyl halides is 3. The topological polar surface area (TPSA) is 93.6 Å². The number of benzene rings is 2. The number of nitrogens with zero attached hydrogens (tertiary/aromatic N) is 2. The van der Waals surface area contributed by atoms with E-state index in [0.29, 0.717) is 41.0 Å². The molecule has 2 bridgehead atoms. The Balaban J connectivity index is 1.30. The van der Waals surface area contributed by atoms with Crippen molar-refractivity contribution < 1.29 is 18.0 Å². The van der Waals surface area contributed by atoms with Crippen molar-refractivity contribution in [1.29, 1.82) is 5.26 Å². The lowest BCUT2D eigenvalue weighted by atomic mass is 9.49. The van der Waals surface area contributed by atoms with Crippen molar-refractivity contribution in [2.75, 3.05) is 5.32 Å². The van der Waals surface area contributed by atoms with Crippen LogP contribution in [0.5, 0.6) is 0 Å². The lowest BCUT2D eigenvalue weighted by molar-refractivity contribution is -0.137. The van der Waals surface area contributed by atoms with Gasteiger partial charge in [0.25, 0.3) is 0 Å². The van der Waals surface area contributed by atoms with Crippen LogP contribution in [0.3, 0.4) is 0 Å². The van der Waals surface area contributed by atoms with Gasteiger partial charge in [0.2, 0.25) is 0 Å². The minimum atomic E-state index is -4.40. The van der Waals surface area contributed by atoms with Crippen molar-refractivity contribution in [2.45, 2.75) is 49.2 Å². The number of imidazole rings is 1. The molecule has 3 aliphatic rings. The fourth-order valence-electron chi connectivity index (χ4n) is 5.27. The van der Waals surface area contributed by atoms with Crippen LogP contribution in [0.2, 0.25) is 0 Å². The quantitative estimate of drug-likeness (QED) is 0.522. The average Bonchev–Trinajstić information content (AvgIpc) is 3.17. The molecule has 1 heterocycles. The highest BCUT2D eigenvalue weighted by atomic mass is 19.4. The number of nitrogens with one attached hydrogen (secondary N) is 3. The number of halogens is 3. The van der Waals surface area contributed by atoms with E-state index < -0.39 is 11.7 Å². The van der Waals surface area contributed by atoms with Gasteiger partial charge in [0.15, 0.2) is 0 Å². The first-order valence-electron chi connectivity index (χ1n) is 10.4. The van der Waals surface area contributed by atoms with Gasteiger partial charge in [0, 0.05) is 16.6 Å². The molecule has 6 rings (SSSR count). The second-order valence-corrected chi connectivity index (χ2v) is 8.85. The second-order valence-electron chi connectivity index (χ2n) is 8.85. The Morgan fingerprint density at radius 2 is 1.88 bits per heavy atom. The minimum absolute atomic E-state index is 0.266. The normalized spacial score (nSPS) is 24.4.